The first-order valence-corrected chi connectivity index (χ1v) is 4.46. The molecule has 0 bridgehead atoms. The molecular formula is C9H20O2. The van der Waals surface area contributed by atoms with E-state index in [1.54, 1.807) is 0 Å². The van der Waals surface area contributed by atoms with Gasteiger partial charge in [-0.05, 0) is 25.2 Å². The third-order valence-corrected chi connectivity index (χ3v) is 1.52. The maximum absolute atomic E-state index is 8.43. The highest BCUT2D eigenvalue weighted by Crippen LogP contribution is 2.02. The van der Waals surface area contributed by atoms with Gasteiger partial charge in [0.15, 0.2) is 0 Å². The van der Waals surface area contributed by atoms with Gasteiger partial charge in [-0.25, -0.2) is 0 Å². The SMILES string of the molecule is CC(C)CCCOCCCO. The first-order chi connectivity index (χ1) is 5.27. The van der Waals surface area contributed by atoms with Crippen LogP contribution in [0.15, 0.2) is 0 Å². The third kappa shape index (κ3) is 9.92. The molecule has 0 aromatic carbocycles. The fourth-order valence-electron chi connectivity index (χ4n) is 0.862. The first-order valence-electron chi connectivity index (χ1n) is 4.46. The minimum absolute atomic E-state index is 0.240. The average molecular weight is 160 g/mol. The van der Waals surface area contributed by atoms with Crippen LogP contribution >= 0.6 is 0 Å². The van der Waals surface area contributed by atoms with Gasteiger partial charge in [-0.2, -0.15) is 0 Å². The first kappa shape index (κ1) is 10.9. The van der Waals surface area contributed by atoms with E-state index in [0.717, 1.165) is 25.4 Å². The smallest absolute Gasteiger partial charge is 0.0487 e. The molecular weight excluding hydrogens is 140 g/mol. The van der Waals surface area contributed by atoms with Crippen LogP contribution < -0.4 is 0 Å². The summed E-state index contributed by atoms with van der Waals surface area (Å²) < 4.78 is 5.26. The van der Waals surface area contributed by atoms with Crippen LogP contribution in [0.5, 0.6) is 0 Å². The fourth-order valence-corrected chi connectivity index (χ4v) is 0.862. The lowest BCUT2D eigenvalue weighted by atomic mass is 10.1. The Hall–Kier alpha value is -0.0800. The van der Waals surface area contributed by atoms with Crippen LogP contribution in [0.1, 0.15) is 33.1 Å². The summed E-state index contributed by atoms with van der Waals surface area (Å²) in [5.74, 6) is 0.774. The Bertz CT molecular complexity index is 72.0. The molecule has 0 aromatic heterocycles. The Morgan fingerprint density at radius 3 is 2.36 bits per heavy atom. The van der Waals surface area contributed by atoms with Gasteiger partial charge in [0, 0.05) is 19.8 Å². The summed E-state index contributed by atoms with van der Waals surface area (Å²) in [5.41, 5.74) is 0. The van der Waals surface area contributed by atoms with E-state index >= 15 is 0 Å². The number of rotatable bonds is 7. The summed E-state index contributed by atoms with van der Waals surface area (Å²) >= 11 is 0. The minimum atomic E-state index is 0.240. The lowest BCUT2D eigenvalue weighted by molar-refractivity contribution is 0.111. The highest BCUT2D eigenvalue weighted by Gasteiger charge is 1.93. The van der Waals surface area contributed by atoms with Crippen LogP contribution in [0.25, 0.3) is 0 Å². The number of aliphatic hydroxyl groups is 1. The van der Waals surface area contributed by atoms with E-state index in [0.29, 0.717) is 6.61 Å². The summed E-state index contributed by atoms with van der Waals surface area (Å²) in [6.07, 6.45) is 3.14. The van der Waals surface area contributed by atoms with Crippen molar-refractivity contribution in [3.63, 3.8) is 0 Å². The van der Waals surface area contributed by atoms with Crippen molar-refractivity contribution < 1.29 is 9.84 Å². The average Bonchev–Trinajstić information content (AvgIpc) is 1.96. The van der Waals surface area contributed by atoms with Gasteiger partial charge in [0.1, 0.15) is 0 Å². The highest BCUT2D eigenvalue weighted by molar-refractivity contribution is 4.44. The minimum Gasteiger partial charge on any atom is -0.396 e. The van der Waals surface area contributed by atoms with E-state index < -0.39 is 0 Å². The van der Waals surface area contributed by atoms with E-state index in [1.165, 1.54) is 6.42 Å². The van der Waals surface area contributed by atoms with Gasteiger partial charge in [0.2, 0.25) is 0 Å². The molecule has 0 aromatic rings. The van der Waals surface area contributed by atoms with E-state index in [1.807, 2.05) is 0 Å². The number of hydrogen-bond acceptors (Lipinski definition) is 2. The molecule has 0 aliphatic heterocycles. The Balaban J connectivity index is 2.80. The van der Waals surface area contributed by atoms with E-state index in [4.69, 9.17) is 9.84 Å². The maximum atomic E-state index is 8.43. The quantitative estimate of drug-likeness (QED) is 0.576. The van der Waals surface area contributed by atoms with Gasteiger partial charge < -0.3 is 9.84 Å². The largest absolute Gasteiger partial charge is 0.396 e. The molecule has 0 atom stereocenters. The van der Waals surface area contributed by atoms with E-state index in [-0.39, 0.29) is 6.61 Å². The van der Waals surface area contributed by atoms with Crippen molar-refractivity contribution in [3.8, 4) is 0 Å². The van der Waals surface area contributed by atoms with Gasteiger partial charge in [0.05, 0.1) is 0 Å². The van der Waals surface area contributed by atoms with Crippen LogP contribution in [0, 0.1) is 5.92 Å². The van der Waals surface area contributed by atoms with Crippen molar-refractivity contribution >= 4 is 0 Å². The molecule has 2 nitrogen and oxygen atoms in total. The van der Waals surface area contributed by atoms with Gasteiger partial charge in [-0.3, -0.25) is 0 Å². The zero-order chi connectivity index (χ0) is 8.53. The molecule has 68 valence electrons. The molecule has 0 unspecified atom stereocenters. The number of ether oxygens (including phenoxy) is 1. The van der Waals surface area contributed by atoms with Crippen molar-refractivity contribution in [2.45, 2.75) is 33.1 Å². The fraction of sp³-hybridized carbons (Fsp3) is 1.00. The molecule has 11 heavy (non-hydrogen) atoms. The zero-order valence-corrected chi connectivity index (χ0v) is 7.68. The normalized spacial score (nSPS) is 10.9. The van der Waals surface area contributed by atoms with Gasteiger partial charge in [-0.15, -0.1) is 0 Å². The predicted octanol–water partition coefficient (Wildman–Crippen LogP) is 1.82. The summed E-state index contributed by atoms with van der Waals surface area (Å²) in [6, 6.07) is 0. The summed E-state index contributed by atoms with van der Waals surface area (Å²) in [5, 5.41) is 8.43. The lowest BCUT2D eigenvalue weighted by Gasteiger charge is -2.04. The molecule has 1 N–H and O–H groups in total. The van der Waals surface area contributed by atoms with Crippen LogP contribution in [0.4, 0.5) is 0 Å². The molecule has 0 rings (SSSR count). The molecule has 0 saturated carbocycles. The highest BCUT2D eigenvalue weighted by atomic mass is 16.5. The van der Waals surface area contributed by atoms with Crippen LogP contribution in [-0.4, -0.2) is 24.9 Å². The number of aliphatic hydroxyl groups excluding tert-OH is 1. The van der Waals surface area contributed by atoms with Crippen molar-refractivity contribution in [1.82, 2.24) is 0 Å². The van der Waals surface area contributed by atoms with Gasteiger partial charge >= 0.3 is 0 Å². The second-order valence-electron chi connectivity index (χ2n) is 3.23. The molecule has 0 fully saturated rings. The molecule has 0 amide bonds. The Morgan fingerprint density at radius 1 is 1.18 bits per heavy atom. The van der Waals surface area contributed by atoms with E-state index in [2.05, 4.69) is 13.8 Å². The second kappa shape index (κ2) is 8.02. The topological polar surface area (TPSA) is 29.5 Å². The third-order valence-electron chi connectivity index (χ3n) is 1.52. The second-order valence-corrected chi connectivity index (χ2v) is 3.23. The Morgan fingerprint density at radius 2 is 1.82 bits per heavy atom. The molecule has 0 aliphatic carbocycles. The van der Waals surface area contributed by atoms with Gasteiger partial charge in [0.25, 0.3) is 0 Å². The van der Waals surface area contributed by atoms with Crippen molar-refractivity contribution in [2.24, 2.45) is 5.92 Å². The monoisotopic (exact) mass is 160 g/mol. The number of hydrogen-bond donors (Lipinski definition) is 1. The standard InChI is InChI=1S/C9H20O2/c1-9(2)5-3-7-11-8-4-6-10/h9-10H,3-8H2,1-2H3. The maximum Gasteiger partial charge on any atom is 0.0487 e. The van der Waals surface area contributed by atoms with Gasteiger partial charge in [-0.1, -0.05) is 13.8 Å². The Kier molecular flexibility index (Phi) is 7.96. The van der Waals surface area contributed by atoms with Crippen LogP contribution in [0.2, 0.25) is 0 Å². The molecule has 0 saturated heterocycles. The van der Waals surface area contributed by atoms with Crippen LogP contribution in [0.3, 0.4) is 0 Å². The molecule has 0 spiro atoms. The van der Waals surface area contributed by atoms with E-state index in [9.17, 15) is 0 Å². The predicted molar refractivity (Wildman–Crippen MR) is 46.6 cm³/mol. The van der Waals surface area contributed by atoms with Crippen molar-refractivity contribution in [2.75, 3.05) is 19.8 Å². The van der Waals surface area contributed by atoms with Crippen LogP contribution in [-0.2, 0) is 4.74 Å². The van der Waals surface area contributed by atoms with Crippen molar-refractivity contribution in [1.29, 1.82) is 0 Å². The summed E-state index contributed by atoms with van der Waals surface area (Å²) in [4.78, 5) is 0. The molecule has 0 aliphatic rings. The Labute approximate surface area is 69.6 Å². The summed E-state index contributed by atoms with van der Waals surface area (Å²) in [6.45, 7) is 6.22. The van der Waals surface area contributed by atoms with Crippen molar-refractivity contribution in [3.05, 3.63) is 0 Å². The zero-order valence-electron chi connectivity index (χ0n) is 7.68. The summed E-state index contributed by atoms with van der Waals surface area (Å²) in [7, 11) is 0. The molecule has 0 radical (unpaired) electrons. The molecule has 2 heteroatoms. The molecule has 0 heterocycles. The lowest BCUT2D eigenvalue weighted by Crippen LogP contribution is -2.00.